The van der Waals surface area contributed by atoms with Crippen molar-refractivity contribution in [2.75, 3.05) is 18.0 Å². The van der Waals surface area contributed by atoms with Gasteiger partial charge in [-0.2, -0.15) is 0 Å². The first-order chi connectivity index (χ1) is 8.93. The zero-order valence-electron chi connectivity index (χ0n) is 9.81. The van der Waals surface area contributed by atoms with E-state index in [9.17, 15) is 14.9 Å². The topological polar surface area (TPSA) is 89.5 Å². The third-order valence-electron chi connectivity index (χ3n) is 3.04. The fourth-order valence-electron chi connectivity index (χ4n) is 2.06. The number of nitro groups is 1. The zero-order valence-corrected chi connectivity index (χ0v) is 12.1. The molecule has 0 aliphatic carbocycles. The first-order valence-electron chi connectivity index (χ1n) is 5.58. The Kier molecular flexibility index (Phi) is 4.07. The minimum absolute atomic E-state index is 0.0227. The lowest BCUT2D eigenvalue weighted by Gasteiger charge is -2.17. The number of carbonyl (C=O) groups is 1. The van der Waals surface area contributed by atoms with Crippen molar-refractivity contribution < 1.29 is 9.72 Å². The van der Waals surface area contributed by atoms with Gasteiger partial charge < -0.3 is 10.6 Å². The lowest BCUT2D eigenvalue weighted by Crippen LogP contribution is -2.26. The van der Waals surface area contributed by atoms with E-state index in [0.717, 1.165) is 0 Å². The molecule has 0 aromatic heterocycles. The van der Waals surface area contributed by atoms with Crippen LogP contribution in [0.15, 0.2) is 16.6 Å². The number of nitro benzene ring substituents is 1. The third-order valence-corrected chi connectivity index (χ3v) is 4.24. The SMILES string of the molecule is NCC1CC(=O)N(c2cc(Cl)c(Br)cc2[N+](=O)[O-])C1. The predicted octanol–water partition coefficient (Wildman–Crippen LogP) is 2.32. The Morgan fingerprint density at radius 3 is 2.79 bits per heavy atom. The van der Waals surface area contributed by atoms with Gasteiger partial charge in [0.2, 0.25) is 5.91 Å². The van der Waals surface area contributed by atoms with Gasteiger partial charge in [-0.25, -0.2) is 0 Å². The number of amides is 1. The lowest BCUT2D eigenvalue weighted by molar-refractivity contribution is -0.384. The first kappa shape index (κ1) is 14.2. The Morgan fingerprint density at radius 1 is 1.58 bits per heavy atom. The molecule has 2 rings (SSSR count). The average Bonchev–Trinajstić information content (AvgIpc) is 2.73. The molecule has 8 heteroatoms. The number of nitrogens with two attached hydrogens (primary N) is 1. The standard InChI is InChI=1S/C11H11BrClN3O3/c12-7-2-10(16(18)19)9(3-8(7)13)15-5-6(4-14)1-11(15)17/h2-3,6H,1,4-5,14H2. The van der Waals surface area contributed by atoms with Gasteiger partial charge in [0.15, 0.2) is 0 Å². The van der Waals surface area contributed by atoms with Gasteiger partial charge in [-0.1, -0.05) is 11.6 Å². The molecule has 0 saturated carbocycles. The van der Waals surface area contributed by atoms with Crippen LogP contribution in [0.4, 0.5) is 11.4 Å². The molecule has 1 unspecified atom stereocenters. The summed E-state index contributed by atoms with van der Waals surface area (Å²) in [5.74, 6) is -0.147. The second kappa shape index (κ2) is 5.44. The van der Waals surface area contributed by atoms with Crippen molar-refractivity contribution in [1.29, 1.82) is 0 Å². The fraction of sp³-hybridized carbons (Fsp3) is 0.364. The Bertz CT molecular complexity index is 552. The van der Waals surface area contributed by atoms with E-state index in [0.29, 0.717) is 29.0 Å². The van der Waals surface area contributed by atoms with Gasteiger partial charge in [-0.15, -0.1) is 0 Å². The second-order valence-electron chi connectivity index (χ2n) is 4.32. The summed E-state index contributed by atoms with van der Waals surface area (Å²) in [5.41, 5.74) is 5.61. The molecule has 6 nitrogen and oxygen atoms in total. The van der Waals surface area contributed by atoms with E-state index in [2.05, 4.69) is 15.9 Å². The number of carbonyl (C=O) groups excluding carboxylic acids is 1. The molecule has 102 valence electrons. The molecule has 0 spiro atoms. The van der Waals surface area contributed by atoms with Crippen molar-refractivity contribution in [3.8, 4) is 0 Å². The van der Waals surface area contributed by atoms with E-state index in [4.69, 9.17) is 17.3 Å². The van der Waals surface area contributed by atoms with Crippen LogP contribution in [0.5, 0.6) is 0 Å². The highest BCUT2D eigenvalue weighted by atomic mass is 79.9. The molecule has 1 fully saturated rings. The number of anilines is 1. The number of rotatable bonds is 3. The minimum Gasteiger partial charge on any atom is -0.330 e. The number of halogens is 2. The second-order valence-corrected chi connectivity index (χ2v) is 5.58. The average molecular weight is 349 g/mol. The monoisotopic (exact) mass is 347 g/mol. The minimum atomic E-state index is -0.528. The van der Waals surface area contributed by atoms with Crippen LogP contribution in [-0.4, -0.2) is 23.9 Å². The molecule has 1 aromatic rings. The van der Waals surface area contributed by atoms with Crippen LogP contribution < -0.4 is 10.6 Å². The largest absolute Gasteiger partial charge is 0.330 e. The summed E-state index contributed by atoms with van der Waals surface area (Å²) >= 11 is 9.09. The molecular formula is C11H11BrClN3O3. The van der Waals surface area contributed by atoms with Gasteiger partial charge in [-0.05, 0) is 34.5 Å². The van der Waals surface area contributed by atoms with Crippen LogP contribution in [0.1, 0.15) is 6.42 Å². The normalized spacial score (nSPS) is 19.0. The highest BCUT2D eigenvalue weighted by Crippen LogP contribution is 2.38. The van der Waals surface area contributed by atoms with Crippen molar-refractivity contribution in [2.45, 2.75) is 6.42 Å². The van der Waals surface area contributed by atoms with Gasteiger partial charge >= 0.3 is 0 Å². The van der Waals surface area contributed by atoms with Crippen molar-refractivity contribution in [3.63, 3.8) is 0 Å². The molecule has 0 radical (unpaired) electrons. The van der Waals surface area contributed by atoms with Gasteiger partial charge in [-0.3, -0.25) is 14.9 Å². The summed E-state index contributed by atoms with van der Waals surface area (Å²) in [6.07, 6.45) is 0.307. The van der Waals surface area contributed by atoms with Crippen molar-refractivity contribution in [2.24, 2.45) is 11.7 Å². The lowest BCUT2D eigenvalue weighted by atomic mass is 10.1. The molecule has 1 aromatic carbocycles. The smallest absolute Gasteiger partial charge is 0.294 e. The van der Waals surface area contributed by atoms with E-state index in [1.165, 1.54) is 17.0 Å². The quantitative estimate of drug-likeness (QED) is 0.670. The maximum Gasteiger partial charge on any atom is 0.294 e. The zero-order chi connectivity index (χ0) is 14.2. The Balaban J connectivity index is 2.47. The number of nitrogens with zero attached hydrogens (tertiary/aromatic N) is 2. The number of hydrogen-bond donors (Lipinski definition) is 1. The highest BCUT2D eigenvalue weighted by molar-refractivity contribution is 9.10. The first-order valence-corrected chi connectivity index (χ1v) is 6.75. The maximum atomic E-state index is 11.9. The number of hydrogen-bond acceptors (Lipinski definition) is 4. The van der Waals surface area contributed by atoms with Crippen molar-refractivity contribution in [1.82, 2.24) is 0 Å². The van der Waals surface area contributed by atoms with E-state index < -0.39 is 4.92 Å². The van der Waals surface area contributed by atoms with Gasteiger partial charge in [0.25, 0.3) is 5.69 Å². The third kappa shape index (κ3) is 2.72. The summed E-state index contributed by atoms with van der Waals surface area (Å²) < 4.78 is 0.423. The molecule has 1 amide bonds. The summed E-state index contributed by atoms with van der Waals surface area (Å²) in [6, 6.07) is 2.74. The molecule has 1 aliphatic heterocycles. The highest BCUT2D eigenvalue weighted by Gasteiger charge is 2.34. The van der Waals surface area contributed by atoms with Crippen LogP contribution >= 0.6 is 27.5 Å². The molecule has 1 heterocycles. The van der Waals surface area contributed by atoms with Crippen LogP contribution in [0, 0.1) is 16.0 Å². The summed E-state index contributed by atoms with van der Waals surface area (Å²) in [4.78, 5) is 23.8. The Hall–Kier alpha value is -1.18. The van der Waals surface area contributed by atoms with Crippen LogP contribution in [-0.2, 0) is 4.79 Å². The van der Waals surface area contributed by atoms with Crippen LogP contribution in [0.3, 0.4) is 0 Å². The van der Waals surface area contributed by atoms with Crippen LogP contribution in [0.2, 0.25) is 5.02 Å². The molecule has 1 saturated heterocycles. The molecule has 1 aliphatic rings. The van der Waals surface area contributed by atoms with Crippen molar-refractivity contribution >= 4 is 44.8 Å². The molecular weight excluding hydrogens is 337 g/mol. The molecule has 1 atom stereocenters. The van der Waals surface area contributed by atoms with E-state index >= 15 is 0 Å². The van der Waals surface area contributed by atoms with Gasteiger partial charge in [0.05, 0.1) is 9.95 Å². The number of benzene rings is 1. The summed E-state index contributed by atoms with van der Waals surface area (Å²) in [5, 5.41) is 11.4. The Morgan fingerprint density at radius 2 is 2.26 bits per heavy atom. The maximum absolute atomic E-state index is 11.9. The summed E-state index contributed by atoms with van der Waals surface area (Å²) in [6.45, 7) is 0.758. The predicted molar refractivity (Wildman–Crippen MR) is 75.3 cm³/mol. The van der Waals surface area contributed by atoms with Crippen LogP contribution in [0.25, 0.3) is 0 Å². The summed E-state index contributed by atoms with van der Waals surface area (Å²) in [7, 11) is 0. The molecule has 19 heavy (non-hydrogen) atoms. The molecule has 0 bridgehead atoms. The van der Waals surface area contributed by atoms with E-state index in [-0.39, 0.29) is 23.2 Å². The van der Waals surface area contributed by atoms with E-state index in [1.54, 1.807) is 0 Å². The van der Waals surface area contributed by atoms with E-state index in [1.807, 2.05) is 0 Å². The van der Waals surface area contributed by atoms with Crippen molar-refractivity contribution in [3.05, 3.63) is 31.7 Å². The Labute approximate surface area is 122 Å². The van der Waals surface area contributed by atoms with Gasteiger partial charge in [0.1, 0.15) is 5.69 Å². The fourth-order valence-corrected chi connectivity index (χ4v) is 2.55. The molecule has 2 N–H and O–H groups in total. The van der Waals surface area contributed by atoms with Gasteiger partial charge in [0, 0.05) is 23.5 Å².